The second-order valence-corrected chi connectivity index (χ2v) is 11.2. The molecule has 0 radical (unpaired) electrons. The summed E-state index contributed by atoms with van der Waals surface area (Å²) in [4.78, 5) is 18.2. The van der Waals surface area contributed by atoms with Crippen molar-refractivity contribution < 1.29 is 14.6 Å². The molecule has 0 saturated carbocycles. The number of carbonyl (C=O) groups excluding carboxylic acids is 1. The van der Waals surface area contributed by atoms with Crippen molar-refractivity contribution in [2.45, 2.75) is 44.2 Å². The van der Waals surface area contributed by atoms with Crippen LogP contribution in [0.3, 0.4) is 0 Å². The Bertz CT molecular complexity index is 1050. The van der Waals surface area contributed by atoms with E-state index in [0.29, 0.717) is 19.0 Å². The largest absolute Gasteiger partial charge is 0.497 e. The minimum atomic E-state index is -0.730. The normalized spacial score (nSPS) is 22.9. The number of nitrogens with zero attached hydrogens (tertiary/aromatic N) is 2. The maximum Gasteiger partial charge on any atom is 0.250 e. The van der Waals surface area contributed by atoms with E-state index in [-0.39, 0.29) is 17.4 Å². The minimum Gasteiger partial charge on any atom is -0.497 e. The average Bonchev–Trinajstić information content (AvgIpc) is 3.49. The van der Waals surface area contributed by atoms with Gasteiger partial charge in [-0.05, 0) is 69.6 Å². The summed E-state index contributed by atoms with van der Waals surface area (Å²) in [5.74, 6) is 1.33. The molecule has 2 aromatic carbocycles. The van der Waals surface area contributed by atoms with E-state index in [1.165, 1.54) is 5.56 Å². The van der Waals surface area contributed by atoms with Crippen molar-refractivity contribution >= 4 is 17.3 Å². The molecule has 1 amide bonds. The number of benzene rings is 2. The van der Waals surface area contributed by atoms with Gasteiger partial charge < -0.3 is 25.0 Å². The van der Waals surface area contributed by atoms with Gasteiger partial charge in [0.05, 0.1) is 12.7 Å². The number of carbonyl (C=O) groups is 1. The molecule has 1 atom stereocenters. The standard InChI is InChI=1S/C28H39N5O3/c1-27(2,35)18-32-13-11-28(12-14-32)19-33(23-9-7-20(8-10-23)21-16-29-30-17-21)26(34)25(28)31-22-5-4-6-24(15-22)36-3/h4-10,15,21,25,29-31,35H,11-14,16-19H2,1-3H3. The third kappa shape index (κ3) is 5.22. The van der Waals surface area contributed by atoms with Crippen LogP contribution in [0.5, 0.6) is 5.75 Å². The highest BCUT2D eigenvalue weighted by Gasteiger charge is 2.53. The van der Waals surface area contributed by atoms with Gasteiger partial charge in [0, 0.05) is 55.0 Å². The first-order valence-electron chi connectivity index (χ1n) is 13.0. The molecule has 0 aliphatic carbocycles. The molecule has 3 fully saturated rings. The van der Waals surface area contributed by atoms with Crippen LogP contribution in [0.25, 0.3) is 0 Å². The Hall–Kier alpha value is -2.65. The smallest absolute Gasteiger partial charge is 0.250 e. The first-order valence-corrected chi connectivity index (χ1v) is 13.0. The van der Waals surface area contributed by atoms with E-state index in [0.717, 1.165) is 56.1 Å². The van der Waals surface area contributed by atoms with Crippen molar-refractivity contribution in [3.63, 3.8) is 0 Å². The Labute approximate surface area is 214 Å². The van der Waals surface area contributed by atoms with Crippen LogP contribution < -0.4 is 25.8 Å². The molecule has 5 rings (SSSR count). The van der Waals surface area contributed by atoms with Crippen LogP contribution in [0.15, 0.2) is 48.5 Å². The van der Waals surface area contributed by atoms with Crippen molar-refractivity contribution in [1.82, 2.24) is 15.8 Å². The number of likely N-dealkylation sites (tertiary alicyclic amines) is 1. The molecule has 0 bridgehead atoms. The zero-order valence-electron chi connectivity index (χ0n) is 21.6. The number of β-amino-alcohol motifs (C(OH)–C–C–N with tert-alkyl or cyclic N) is 1. The van der Waals surface area contributed by atoms with Gasteiger partial charge in [-0.2, -0.15) is 0 Å². The molecule has 36 heavy (non-hydrogen) atoms. The van der Waals surface area contributed by atoms with E-state index in [4.69, 9.17) is 4.74 Å². The Morgan fingerprint density at radius 1 is 1.11 bits per heavy atom. The third-order valence-corrected chi connectivity index (χ3v) is 7.94. The minimum absolute atomic E-state index is 0.116. The molecule has 0 aromatic heterocycles. The zero-order valence-corrected chi connectivity index (χ0v) is 21.6. The summed E-state index contributed by atoms with van der Waals surface area (Å²) < 4.78 is 5.41. The lowest BCUT2D eigenvalue weighted by Crippen LogP contribution is -2.51. The van der Waals surface area contributed by atoms with Crippen molar-refractivity contribution in [1.29, 1.82) is 0 Å². The lowest BCUT2D eigenvalue weighted by atomic mass is 9.74. The van der Waals surface area contributed by atoms with Crippen LogP contribution in [0.2, 0.25) is 0 Å². The van der Waals surface area contributed by atoms with E-state index in [9.17, 15) is 9.90 Å². The molecule has 8 nitrogen and oxygen atoms in total. The summed E-state index contributed by atoms with van der Waals surface area (Å²) in [6, 6.07) is 16.0. The maximum absolute atomic E-state index is 13.9. The van der Waals surface area contributed by atoms with E-state index in [1.54, 1.807) is 7.11 Å². The second-order valence-electron chi connectivity index (χ2n) is 11.2. The van der Waals surface area contributed by atoms with Crippen LogP contribution in [0, 0.1) is 5.41 Å². The number of hydrazine groups is 1. The van der Waals surface area contributed by atoms with Crippen LogP contribution in [0.4, 0.5) is 11.4 Å². The quantitative estimate of drug-likeness (QED) is 0.472. The van der Waals surface area contributed by atoms with Crippen LogP contribution in [-0.2, 0) is 4.79 Å². The fourth-order valence-electron chi connectivity index (χ4n) is 5.99. The average molecular weight is 494 g/mol. The second kappa shape index (κ2) is 10.0. The molecule has 1 spiro atoms. The molecule has 4 N–H and O–H groups in total. The van der Waals surface area contributed by atoms with Crippen LogP contribution in [0.1, 0.15) is 38.2 Å². The summed E-state index contributed by atoms with van der Waals surface area (Å²) >= 11 is 0. The molecule has 8 heteroatoms. The van der Waals surface area contributed by atoms with Gasteiger partial charge in [-0.3, -0.25) is 15.6 Å². The van der Waals surface area contributed by atoms with E-state index >= 15 is 0 Å². The predicted molar refractivity (Wildman–Crippen MR) is 142 cm³/mol. The van der Waals surface area contributed by atoms with E-state index < -0.39 is 5.60 Å². The van der Waals surface area contributed by atoms with E-state index in [1.807, 2.05) is 43.0 Å². The zero-order chi connectivity index (χ0) is 25.3. The fourth-order valence-corrected chi connectivity index (χ4v) is 5.99. The van der Waals surface area contributed by atoms with Gasteiger partial charge in [0.2, 0.25) is 5.91 Å². The summed E-state index contributed by atoms with van der Waals surface area (Å²) in [7, 11) is 1.66. The SMILES string of the molecule is COc1cccc(NC2C(=O)N(c3ccc(C4CNNC4)cc3)CC23CCN(CC(C)(C)O)CC3)c1. The Morgan fingerprint density at radius 3 is 2.44 bits per heavy atom. The van der Waals surface area contributed by atoms with Gasteiger partial charge in [-0.15, -0.1) is 0 Å². The molecule has 2 aromatic rings. The van der Waals surface area contributed by atoms with Crippen molar-refractivity contribution in [3.05, 3.63) is 54.1 Å². The number of anilines is 2. The Morgan fingerprint density at radius 2 is 1.81 bits per heavy atom. The predicted octanol–water partition coefficient (Wildman–Crippen LogP) is 2.57. The topological polar surface area (TPSA) is 89.1 Å². The number of nitrogens with one attached hydrogen (secondary N) is 3. The summed E-state index contributed by atoms with van der Waals surface area (Å²) in [6.07, 6.45) is 1.79. The number of rotatable bonds is 7. The number of piperidine rings is 1. The van der Waals surface area contributed by atoms with Crippen molar-refractivity contribution in [3.8, 4) is 5.75 Å². The van der Waals surface area contributed by atoms with Gasteiger partial charge in [0.1, 0.15) is 11.8 Å². The molecule has 3 heterocycles. The van der Waals surface area contributed by atoms with Gasteiger partial charge in [-0.1, -0.05) is 18.2 Å². The molecule has 1 unspecified atom stereocenters. The number of aliphatic hydroxyl groups is 1. The number of methoxy groups -OCH3 is 1. The molecule has 3 saturated heterocycles. The Balaban J connectivity index is 1.39. The van der Waals surface area contributed by atoms with Crippen molar-refractivity contribution in [2.75, 3.05) is 56.6 Å². The molecular formula is C28H39N5O3. The lowest BCUT2D eigenvalue weighted by molar-refractivity contribution is -0.119. The highest BCUT2D eigenvalue weighted by Crippen LogP contribution is 2.44. The summed E-state index contributed by atoms with van der Waals surface area (Å²) in [5.41, 5.74) is 8.59. The molecular weight excluding hydrogens is 454 g/mol. The van der Waals surface area contributed by atoms with Gasteiger partial charge >= 0.3 is 0 Å². The first kappa shape index (κ1) is 25.0. The Kier molecular flexibility index (Phi) is 6.96. The van der Waals surface area contributed by atoms with Gasteiger partial charge in [0.25, 0.3) is 0 Å². The molecule has 194 valence electrons. The van der Waals surface area contributed by atoms with Gasteiger partial charge in [-0.25, -0.2) is 0 Å². The maximum atomic E-state index is 13.9. The molecule has 3 aliphatic rings. The van der Waals surface area contributed by atoms with Gasteiger partial charge in [0.15, 0.2) is 0 Å². The third-order valence-electron chi connectivity index (χ3n) is 7.94. The van der Waals surface area contributed by atoms with Crippen LogP contribution in [-0.4, -0.2) is 73.9 Å². The number of hydrogen-bond acceptors (Lipinski definition) is 7. The highest BCUT2D eigenvalue weighted by atomic mass is 16.5. The first-order chi connectivity index (χ1) is 17.3. The lowest BCUT2D eigenvalue weighted by Gasteiger charge is -2.43. The molecule has 3 aliphatic heterocycles. The highest BCUT2D eigenvalue weighted by molar-refractivity contribution is 6.02. The number of hydrogen-bond donors (Lipinski definition) is 4. The van der Waals surface area contributed by atoms with E-state index in [2.05, 4.69) is 45.3 Å². The summed E-state index contributed by atoms with van der Waals surface area (Å²) in [5, 5.41) is 13.9. The van der Waals surface area contributed by atoms with Crippen LogP contribution >= 0.6 is 0 Å². The monoisotopic (exact) mass is 493 g/mol. The number of ether oxygens (including phenoxy) is 1. The summed E-state index contributed by atoms with van der Waals surface area (Å²) in [6.45, 7) is 8.60. The van der Waals surface area contributed by atoms with Crippen molar-refractivity contribution in [2.24, 2.45) is 5.41 Å². The number of amides is 1. The fraction of sp³-hybridized carbons (Fsp3) is 0.536.